The highest BCUT2D eigenvalue weighted by Crippen LogP contribution is 2.53. The number of fused-ring (bicyclic) bond motifs is 2. The van der Waals surface area contributed by atoms with Crippen molar-refractivity contribution in [2.75, 3.05) is 11.5 Å². The molecule has 10 rings (SSSR count). The van der Waals surface area contributed by atoms with Gasteiger partial charge in [0.25, 0.3) is 32.1 Å². The van der Waals surface area contributed by atoms with E-state index in [1.165, 1.54) is 41.3 Å². The summed E-state index contributed by atoms with van der Waals surface area (Å²) >= 11 is 0. The molecule has 0 bridgehead atoms. The van der Waals surface area contributed by atoms with Crippen molar-refractivity contribution in [1.29, 1.82) is 0 Å². The molecule has 11 nitrogen and oxygen atoms in total. The number of amides is 2. The van der Waals surface area contributed by atoms with Gasteiger partial charge in [0, 0.05) is 33.5 Å². The summed E-state index contributed by atoms with van der Waals surface area (Å²) in [6, 6.07) is 40.2. The van der Waals surface area contributed by atoms with Crippen LogP contribution < -0.4 is 14.4 Å². The van der Waals surface area contributed by atoms with Crippen LogP contribution in [0, 0.1) is 18.8 Å². The van der Waals surface area contributed by atoms with Gasteiger partial charge in [0.05, 0.1) is 33.2 Å². The Morgan fingerprint density at radius 1 is 0.569 bits per heavy atom. The summed E-state index contributed by atoms with van der Waals surface area (Å²) in [6.07, 6.45) is 1.56. The monoisotopic (exact) mass is 995 g/mol. The van der Waals surface area contributed by atoms with E-state index >= 15 is 9.59 Å². The third-order valence-corrected chi connectivity index (χ3v) is 15.3. The zero-order chi connectivity index (χ0) is 50.6. The predicted octanol–water partition coefficient (Wildman–Crippen LogP) is 13.9. The quantitative estimate of drug-likeness (QED) is 0.0212. The molecule has 1 aliphatic rings. The number of carbonyl (C=O) groups excluding carboxylic acids is 2. The van der Waals surface area contributed by atoms with Crippen molar-refractivity contribution >= 4 is 80.8 Å². The smallest absolute Gasteiger partial charge is 0.296 e. The molecule has 0 spiro atoms. The number of para-hydroxylation sites is 2. The summed E-state index contributed by atoms with van der Waals surface area (Å²) in [7, 11) is -8.40. The average Bonchev–Trinajstić information content (AvgIpc) is 3.35. The lowest BCUT2D eigenvalue weighted by Gasteiger charge is -2.33. The van der Waals surface area contributed by atoms with Crippen LogP contribution in [-0.2, 0) is 24.4 Å². The van der Waals surface area contributed by atoms with Crippen molar-refractivity contribution in [2.24, 2.45) is 0 Å². The Bertz CT molecular complexity index is 3910. The van der Waals surface area contributed by atoms with Crippen LogP contribution in [0.4, 0.5) is 5.69 Å². The Balaban J connectivity index is 1.16. The number of hydrogen-bond acceptors (Lipinski definition) is 9. The maximum atomic E-state index is 15.5. The van der Waals surface area contributed by atoms with Crippen LogP contribution in [0.2, 0.25) is 0 Å². The summed E-state index contributed by atoms with van der Waals surface area (Å²) in [5.74, 6) is 6.90. The van der Waals surface area contributed by atoms with E-state index in [1.54, 1.807) is 24.3 Å². The van der Waals surface area contributed by atoms with E-state index in [-0.39, 0.29) is 50.9 Å². The van der Waals surface area contributed by atoms with E-state index in [1.807, 2.05) is 113 Å². The molecule has 1 heterocycles. The Kier molecular flexibility index (Phi) is 12.6. The van der Waals surface area contributed by atoms with E-state index in [9.17, 15) is 21.4 Å². The largest absolute Gasteiger partial charge is 0.457 e. The first kappa shape index (κ1) is 48.0. The molecule has 0 unspecified atom stereocenters. The molecule has 9 aromatic rings. The first-order valence-electron chi connectivity index (χ1n) is 23.7. The Labute approximate surface area is 418 Å². The van der Waals surface area contributed by atoms with Gasteiger partial charge in [-0.3, -0.25) is 18.3 Å². The molecule has 0 saturated carbocycles. The molecule has 72 heavy (non-hydrogen) atoms. The zero-order valence-corrected chi connectivity index (χ0v) is 41.8. The maximum absolute atomic E-state index is 15.5. The lowest BCUT2D eigenvalue weighted by molar-refractivity contribution is 0.0892. The molecule has 0 aromatic heterocycles. The van der Waals surface area contributed by atoms with Crippen molar-refractivity contribution in [2.45, 2.75) is 75.5 Å². The van der Waals surface area contributed by atoms with Gasteiger partial charge in [-0.15, -0.1) is 0 Å². The fourth-order valence-electron chi connectivity index (χ4n) is 9.70. The second-order valence-electron chi connectivity index (χ2n) is 18.6. The van der Waals surface area contributed by atoms with Gasteiger partial charge in [-0.05, 0) is 131 Å². The van der Waals surface area contributed by atoms with E-state index in [0.29, 0.717) is 58.0 Å². The van der Waals surface area contributed by atoms with E-state index in [4.69, 9.17) is 13.7 Å². The summed E-state index contributed by atoms with van der Waals surface area (Å²) < 4.78 is 78.3. The molecule has 1 aliphatic heterocycles. The molecule has 0 saturated heterocycles. The number of imide groups is 1. The van der Waals surface area contributed by atoms with Crippen molar-refractivity contribution in [3.05, 3.63) is 173 Å². The van der Waals surface area contributed by atoms with Gasteiger partial charge < -0.3 is 9.47 Å². The summed E-state index contributed by atoms with van der Waals surface area (Å²) in [4.78, 5) is 32.0. The third kappa shape index (κ3) is 8.70. The van der Waals surface area contributed by atoms with Gasteiger partial charge in [-0.25, -0.2) is 4.90 Å². The number of anilines is 1. The van der Waals surface area contributed by atoms with Crippen LogP contribution >= 0.6 is 0 Å². The van der Waals surface area contributed by atoms with Crippen LogP contribution in [0.5, 0.6) is 23.0 Å². The Morgan fingerprint density at radius 3 is 1.72 bits per heavy atom. The lowest BCUT2D eigenvalue weighted by Crippen LogP contribution is -2.42. The minimum atomic E-state index is -4.52. The Morgan fingerprint density at radius 2 is 1.12 bits per heavy atom. The molecule has 9 aromatic carbocycles. The van der Waals surface area contributed by atoms with Crippen LogP contribution in [0.25, 0.3) is 43.1 Å². The number of hydrogen-bond donors (Lipinski definition) is 1. The second-order valence-corrected chi connectivity index (χ2v) is 21.6. The average molecular weight is 996 g/mol. The van der Waals surface area contributed by atoms with Crippen LogP contribution in [0.1, 0.15) is 102 Å². The van der Waals surface area contributed by atoms with Gasteiger partial charge in [-0.2, -0.15) is 16.8 Å². The highest BCUT2D eigenvalue weighted by Gasteiger charge is 2.40. The number of carbonyl (C=O) groups is 2. The minimum Gasteiger partial charge on any atom is -0.457 e. The molecule has 0 atom stereocenters. The summed E-state index contributed by atoms with van der Waals surface area (Å²) in [6.45, 7) is 10.0. The van der Waals surface area contributed by atoms with Crippen LogP contribution in [-0.4, -0.2) is 39.8 Å². The molecular weight excluding hydrogens is 947 g/mol. The molecular formula is C59H49NO10S2. The van der Waals surface area contributed by atoms with Crippen molar-refractivity contribution in [3.63, 3.8) is 0 Å². The van der Waals surface area contributed by atoms with Crippen molar-refractivity contribution in [1.82, 2.24) is 0 Å². The topological polar surface area (TPSA) is 154 Å². The molecule has 362 valence electrons. The second kappa shape index (κ2) is 18.9. The molecule has 0 radical (unpaired) electrons. The fraction of sp³-hybridized carbons (Fsp3) is 0.186. The number of aryl methyl sites for hydroxylation is 1. The van der Waals surface area contributed by atoms with E-state index in [0.717, 1.165) is 43.8 Å². The number of unbranched alkanes of at least 4 members (excludes halogenated alkanes) is 2. The van der Waals surface area contributed by atoms with Gasteiger partial charge in [0.15, 0.2) is 0 Å². The third-order valence-electron chi connectivity index (χ3n) is 13.1. The highest BCUT2D eigenvalue weighted by molar-refractivity contribution is 7.86. The summed E-state index contributed by atoms with van der Waals surface area (Å²) in [5.41, 5.74) is 4.40. The number of benzene rings is 9. The highest BCUT2D eigenvalue weighted by atomic mass is 32.2. The van der Waals surface area contributed by atoms with E-state index in [2.05, 4.69) is 11.8 Å². The standard InChI is InChI=1S/C59H49NO10S2/c1-35(2)43-18-13-19-44(36(3)4)57(43)60-58(61)48-33-50(70-40-25-29-41(30-26-40)71(63,64)65)54-46-21-14-20-45-38(15-9-6-7-12-32-68-72(66,67)42-27-22-37(5)23-28-42)24-31-47(52(45)46)55-51(69-39-16-10-8-11-17-39)34-49(59(60)62)53(48)56(54)55/h8,10-11,13-14,16-31,33-36H,6-7,12,32H2,1-5H3,(H,63,64,65). The number of ether oxygens (including phenoxy) is 2. The SMILES string of the molecule is Cc1ccc(S(=O)(=O)OCCCCC#Cc2ccc3c4c(Oc5ccccc5)cc5c6c(cc(Oc7ccc(S(=O)(=O)O)cc7)c(c7cccc2c73)c64)C(=O)N(c2c(C(C)C)cccc2C(C)C)C5=O)cc1. The molecule has 0 aliphatic carbocycles. The van der Waals surface area contributed by atoms with Gasteiger partial charge in [0.2, 0.25) is 0 Å². The lowest BCUT2D eigenvalue weighted by atomic mass is 9.82. The molecule has 1 N–H and O–H groups in total. The van der Waals surface area contributed by atoms with Gasteiger partial charge in [0.1, 0.15) is 23.0 Å². The van der Waals surface area contributed by atoms with Crippen LogP contribution in [0.3, 0.4) is 0 Å². The zero-order valence-electron chi connectivity index (χ0n) is 40.1. The van der Waals surface area contributed by atoms with Gasteiger partial charge >= 0.3 is 0 Å². The van der Waals surface area contributed by atoms with Crippen molar-refractivity contribution in [3.8, 4) is 34.8 Å². The van der Waals surface area contributed by atoms with Crippen LogP contribution in [0.15, 0.2) is 149 Å². The first-order valence-corrected chi connectivity index (χ1v) is 26.6. The van der Waals surface area contributed by atoms with Gasteiger partial charge in [-0.1, -0.05) is 118 Å². The first-order chi connectivity index (χ1) is 34.5. The molecule has 13 heteroatoms. The fourth-order valence-corrected chi connectivity index (χ4v) is 11.1. The normalized spacial score (nSPS) is 13.0. The number of rotatable bonds is 14. The summed E-state index contributed by atoms with van der Waals surface area (Å²) in [5, 5.41) is 5.36. The predicted molar refractivity (Wildman–Crippen MR) is 281 cm³/mol. The molecule has 0 fully saturated rings. The van der Waals surface area contributed by atoms with E-state index < -0.39 is 32.1 Å². The maximum Gasteiger partial charge on any atom is 0.296 e. The van der Waals surface area contributed by atoms with Crippen molar-refractivity contribution < 1.29 is 44.6 Å². The molecule has 2 amide bonds. The minimum absolute atomic E-state index is 0.0230. The Hall–Kier alpha value is -7.60. The number of nitrogens with zero attached hydrogens (tertiary/aromatic N) is 1.